The van der Waals surface area contributed by atoms with Crippen LogP contribution in [0.25, 0.3) is 11.1 Å². The molecule has 2 heteroatoms. The summed E-state index contributed by atoms with van der Waals surface area (Å²) in [5.74, 6) is 0.642. The largest absolute Gasteiger partial charge is 0.261 e. The molecule has 340 valence electrons. The number of fused-ring (bicyclic) bond motifs is 6. The van der Waals surface area contributed by atoms with E-state index in [9.17, 15) is 0 Å². The first kappa shape index (κ1) is 50.1. The van der Waals surface area contributed by atoms with Crippen LogP contribution in [0.4, 0.5) is 0 Å². The van der Waals surface area contributed by atoms with E-state index in [1.54, 1.807) is 6.21 Å². The van der Waals surface area contributed by atoms with Gasteiger partial charge in [0.05, 0.1) is 17.4 Å². The van der Waals surface area contributed by atoms with Gasteiger partial charge in [0, 0.05) is 11.8 Å². The molecular formula is C67H62N2. The normalized spacial score (nSPS) is 19.1. The van der Waals surface area contributed by atoms with Gasteiger partial charge in [-0.05, 0) is 138 Å². The first-order chi connectivity index (χ1) is 33.9. The zero-order chi connectivity index (χ0) is 49.1. The highest BCUT2D eigenvalue weighted by Crippen LogP contribution is 2.65. The van der Waals surface area contributed by atoms with Crippen molar-refractivity contribution < 1.29 is 0 Å². The fourth-order valence-corrected chi connectivity index (χ4v) is 9.91. The highest BCUT2D eigenvalue weighted by molar-refractivity contribution is 6.06. The van der Waals surface area contributed by atoms with Crippen LogP contribution in [0.5, 0.6) is 0 Å². The molecule has 4 aromatic carbocycles. The zero-order valence-corrected chi connectivity index (χ0v) is 40.7. The van der Waals surface area contributed by atoms with E-state index >= 15 is 0 Å². The van der Waals surface area contributed by atoms with Gasteiger partial charge in [-0.25, -0.2) is 4.99 Å². The second kappa shape index (κ2) is 24.5. The Morgan fingerprint density at radius 2 is 1.45 bits per heavy atom. The van der Waals surface area contributed by atoms with Gasteiger partial charge in [0.15, 0.2) is 5.84 Å². The van der Waals surface area contributed by atoms with Crippen molar-refractivity contribution in [3.63, 3.8) is 0 Å². The third kappa shape index (κ3) is 10.0. The lowest BCUT2D eigenvalue weighted by molar-refractivity contribution is 0.628. The van der Waals surface area contributed by atoms with Gasteiger partial charge in [-0.1, -0.05) is 207 Å². The number of nitrogens with zero attached hydrogens (tertiary/aromatic N) is 2. The molecule has 3 aliphatic rings. The molecule has 2 atom stereocenters. The highest BCUT2D eigenvalue weighted by Gasteiger charge is 2.57. The second-order valence-electron chi connectivity index (χ2n) is 16.5. The van der Waals surface area contributed by atoms with E-state index in [0.29, 0.717) is 18.8 Å². The number of amidine groups is 1. The van der Waals surface area contributed by atoms with E-state index < -0.39 is 10.8 Å². The Morgan fingerprint density at radius 1 is 0.739 bits per heavy atom. The fraction of sp³-hybridized carbons (Fsp3) is 0.134. The quantitative estimate of drug-likeness (QED) is 0.0373. The van der Waals surface area contributed by atoms with E-state index in [1.165, 1.54) is 66.8 Å². The van der Waals surface area contributed by atoms with Crippen molar-refractivity contribution in [2.75, 3.05) is 6.54 Å². The van der Waals surface area contributed by atoms with E-state index in [1.807, 2.05) is 87.6 Å². The number of hydrogen-bond acceptors (Lipinski definition) is 1. The number of rotatable bonds is 15. The smallest absolute Gasteiger partial charge is 0.154 e. The minimum atomic E-state index is -0.690. The highest BCUT2D eigenvalue weighted by atomic mass is 14.9. The van der Waals surface area contributed by atoms with Crippen LogP contribution in [0.1, 0.15) is 61.1 Å². The van der Waals surface area contributed by atoms with E-state index in [-0.39, 0.29) is 0 Å². The lowest BCUT2D eigenvalue weighted by Crippen LogP contribution is -2.44. The average Bonchev–Trinajstić information content (AvgIpc) is 3.47. The molecule has 0 saturated heterocycles. The lowest BCUT2D eigenvalue weighted by Gasteiger charge is -2.50. The molecule has 0 bridgehead atoms. The number of allylic oxidation sites excluding steroid dienone is 21. The molecule has 2 unspecified atom stereocenters. The Balaban J connectivity index is 0.00000386. The van der Waals surface area contributed by atoms with Gasteiger partial charge in [0.1, 0.15) is 0 Å². The second-order valence-corrected chi connectivity index (χ2v) is 16.5. The summed E-state index contributed by atoms with van der Waals surface area (Å²) in [6.45, 7) is 19.3. The van der Waals surface area contributed by atoms with Crippen LogP contribution in [-0.4, -0.2) is 18.6 Å². The van der Waals surface area contributed by atoms with Gasteiger partial charge in [0.25, 0.3) is 0 Å². The van der Waals surface area contributed by atoms with Crippen molar-refractivity contribution in [3.05, 3.63) is 310 Å². The molecule has 4 aromatic rings. The van der Waals surface area contributed by atoms with Crippen LogP contribution < -0.4 is 0 Å². The SMILES string of the molecule is C#C.C=C=C/C(=C\C=C/C)CN=C(N=C/C=C/C=C\C=C/C)C(/C=C\Cc1ccc2c(c1)C1(C3=C(C=CC=C=C3)C(c3ccccc3)(c3ccccc3C)C(/C=C\C)=C1C=C)c1ccccc1-2)=C/C. The molecule has 0 aliphatic heterocycles. The van der Waals surface area contributed by atoms with Crippen LogP contribution in [0.2, 0.25) is 0 Å². The Labute approximate surface area is 412 Å². The third-order valence-corrected chi connectivity index (χ3v) is 12.6. The minimum absolute atomic E-state index is 0.434. The third-order valence-electron chi connectivity index (χ3n) is 12.6. The van der Waals surface area contributed by atoms with Crippen molar-refractivity contribution in [1.82, 2.24) is 0 Å². The summed E-state index contributed by atoms with van der Waals surface area (Å²) in [4.78, 5) is 9.86. The number of benzene rings is 4. The minimum Gasteiger partial charge on any atom is -0.261 e. The summed E-state index contributed by atoms with van der Waals surface area (Å²) in [6, 6.07) is 35.9. The molecule has 2 nitrogen and oxygen atoms in total. The fourth-order valence-electron chi connectivity index (χ4n) is 9.91. The van der Waals surface area contributed by atoms with E-state index in [0.717, 1.165) is 11.1 Å². The van der Waals surface area contributed by atoms with E-state index in [4.69, 9.17) is 9.98 Å². The van der Waals surface area contributed by atoms with Gasteiger partial charge in [-0.2, -0.15) is 0 Å². The summed E-state index contributed by atoms with van der Waals surface area (Å²) in [7, 11) is 0. The van der Waals surface area contributed by atoms with E-state index in [2.05, 4.69) is 203 Å². The van der Waals surface area contributed by atoms with Gasteiger partial charge >= 0.3 is 0 Å². The van der Waals surface area contributed by atoms with Crippen LogP contribution in [0.15, 0.2) is 287 Å². The monoisotopic (exact) mass is 894 g/mol. The van der Waals surface area contributed by atoms with Crippen molar-refractivity contribution in [3.8, 4) is 24.0 Å². The molecule has 7 rings (SSSR count). The molecule has 0 fully saturated rings. The molecule has 0 amide bonds. The molecule has 0 radical (unpaired) electrons. The molecule has 0 aromatic heterocycles. The molecule has 0 N–H and O–H groups in total. The molecular weight excluding hydrogens is 833 g/mol. The first-order valence-electron chi connectivity index (χ1n) is 23.5. The molecule has 1 spiro atoms. The van der Waals surface area contributed by atoms with Crippen LogP contribution in [0, 0.1) is 19.8 Å². The van der Waals surface area contributed by atoms with Gasteiger partial charge in [-0.3, -0.25) is 4.99 Å². The average molecular weight is 895 g/mol. The zero-order valence-electron chi connectivity index (χ0n) is 40.7. The Morgan fingerprint density at radius 3 is 2.17 bits per heavy atom. The standard InChI is InChI=1S/C65H60N2.C2H2/c1-8-14-16-17-18-29-46-66-63(67-48-51(31-10-3)34-15-9-2)52(12-5)36-30-35-50-44-45-55-54-39-26-28-41-58(54)65(62(55)47-50)56(13-6)59(32-11-4)64(53-37-21-19-22-38-53,57-40-27-25-33-49(57)7)60-42-23-20-24-43-61(60)65;1-2/h8-9,11-23,25-34,36-47H,3,6,35,48H2,1-2,4-5,7H3;1-2H/b14-8-,15-9-,17-16-,29-18+,32-11-,36-30-,51-34+,52-12+,66-46?,67-63?;. The van der Waals surface area contributed by atoms with Crippen molar-refractivity contribution in [2.24, 2.45) is 9.98 Å². The Hall–Kier alpha value is -8.30. The summed E-state index contributed by atoms with van der Waals surface area (Å²) in [6.07, 6.45) is 52.1. The number of aliphatic imine (C=N–C) groups is 2. The maximum atomic E-state index is 5.01. The van der Waals surface area contributed by atoms with Crippen LogP contribution >= 0.6 is 0 Å². The van der Waals surface area contributed by atoms with Crippen molar-refractivity contribution in [1.29, 1.82) is 0 Å². The van der Waals surface area contributed by atoms with Crippen molar-refractivity contribution in [2.45, 2.75) is 51.9 Å². The maximum absolute atomic E-state index is 5.01. The lowest BCUT2D eigenvalue weighted by atomic mass is 9.50. The topological polar surface area (TPSA) is 24.7 Å². The van der Waals surface area contributed by atoms with Gasteiger partial charge in [0.2, 0.25) is 0 Å². The molecule has 0 saturated carbocycles. The Kier molecular flexibility index (Phi) is 17.8. The summed E-state index contributed by atoms with van der Waals surface area (Å²) in [5.41, 5.74) is 21.7. The van der Waals surface area contributed by atoms with Crippen molar-refractivity contribution >= 4 is 12.1 Å². The molecule has 3 aliphatic carbocycles. The predicted molar refractivity (Wildman–Crippen MR) is 299 cm³/mol. The maximum Gasteiger partial charge on any atom is 0.154 e. The van der Waals surface area contributed by atoms with Crippen LogP contribution in [0.3, 0.4) is 0 Å². The van der Waals surface area contributed by atoms with Gasteiger partial charge < -0.3 is 0 Å². The molecule has 0 heterocycles. The van der Waals surface area contributed by atoms with Gasteiger partial charge in [-0.15, -0.1) is 24.3 Å². The van der Waals surface area contributed by atoms with Crippen LogP contribution in [-0.2, 0) is 17.3 Å². The summed E-state index contributed by atoms with van der Waals surface area (Å²) < 4.78 is 0. The summed E-state index contributed by atoms with van der Waals surface area (Å²) >= 11 is 0. The number of terminal acetylenes is 1. The predicted octanol–water partition coefficient (Wildman–Crippen LogP) is 16.2. The molecule has 69 heavy (non-hydrogen) atoms. The number of aryl methyl sites for hydroxylation is 1. The number of hydrogen-bond donors (Lipinski definition) is 0. The summed E-state index contributed by atoms with van der Waals surface area (Å²) in [5, 5.41) is 0. The Bertz CT molecular complexity index is 3090. The first-order valence-corrected chi connectivity index (χ1v) is 23.5.